The zero-order chi connectivity index (χ0) is 19.4. The van der Waals surface area contributed by atoms with E-state index in [2.05, 4.69) is 4.98 Å². The van der Waals surface area contributed by atoms with Crippen LogP contribution in [0.15, 0.2) is 53.7 Å². The van der Waals surface area contributed by atoms with Gasteiger partial charge in [-0.15, -0.1) is 0 Å². The summed E-state index contributed by atoms with van der Waals surface area (Å²) in [5.74, 6) is 0.153. The van der Waals surface area contributed by atoms with E-state index in [1.54, 1.807) is 49.1 Å². The molecule has 1 unspecified atom stereocenters. The van der Waals surface area contributed by atoms with Gasteiger partial charge in [-0.05, 0) is 55.2 Å². The van der Waals surface area contributed by atoms with E-state index in [1.807, 2.05) is 0 Å². The summed E-state index contributed by atoms with van der Waals surface area (Å²) < 4.78 is 32.9. The Hall–Kier alpha value is -2.49. The number of hydrogen-bond acceptors (Lipinski definition) is 6. The molecule has 0 radical (unpaired) electrons. The van der Waals surface area contributed by atoms with Gasteiger partial charge in [0.2, 0.25) is 10.0 Å². The van der Waals surface area contributed by atoms with Gasteiger partial charge in [-0.2, -0.15) is 4.31 Å². The molecule has 2 heterocycles. The maximum Gasteiger partial charge on any atom is 0.262 e. The Bertz CT molecular complexity index is 887. The highest BCUT2D eigenvalue weighted by atomic mass is 32.2. The average Bonchev–Trinajstić information content (AvgIpc) is 2.68. The minimum atomic E-state index is -3.89. The summed E-state index contributed by atoms with van der Waals surface area (Å²) in [6.45, 7) is 2.02. The second-order valence-electron chi connectivity index (χ2n) is 6.41. The molecule has 1 aromatic carbocycles. The normalized spacial score (nSPS) is 20.8. The van der Waals surface area contributed by atoms with E-state index in [4.69, 9.17) is 9.94 Å². The molecule has 144 valence electrons. The van der Waals surface area contributed by atoms with Crippen molar-refractivity contribution in [2.75, 3.05) is 6.54 Å². The summed E-state index contributed by atoms with van der Waals surface area (Å²) in [5.41, 5.74) is 1.58. The van der Waals surface area contributed by atoms with Crippen molar-refractivity contribution in [3.63, 3.8) is 0 Å². The molecule has 9 heteroatoms. The van der Waals surface area contributed by atoms with Crippen LogP contribution in [0.3, 0.4) is 0 Å². The molecule has 1 aliphatic heterocycles. The third kappa shape index (κ3) is 4.10. The second-order valence-corrected chi connectivity index (χ2v) is 8.30. The van der Waals surface area contributed by atoms with E-state index >= 15 is 0 Å². The zero-order valence-corrected chi connectivity index (χ0v) is 15.6. The highest BCUT2D eigenvalue weighted by Crippen LogP contribution is 2.30. The topological polar surface area (TPSA) is 109 Å². The molecule has 3 rings (SSSR count). The smallest absolute Gasteiger partial charge is 0.262 e. The lowest BCUT2D eigenvalue weighted by Gasteiger charge is -2.37. The molecule has 0 saturated carbocycles. The SMILES string of the molecule is CC1CCCN(S(=O)(=O)c2ccc(Oc3ccncc3)cc2)[C@@H]1C(=O)NO. The highest BCUT2D eigenvalue weighted by molar-refractivity contribution is 7.89. The van der Waals surface area contributed by atoms with Gasteiger partial charge < -0.3 is 4.74 Å². The summed E-state index contributed by atoms with van der Waals surface area (Å²) in [6.07, 6.45) is 4.55. The van der Waals surface area contributed by atoms with Gasteiger partial charge in [0.25, 0.3) is 5.91 Å². The standard InChI is InChI=1S/C18H21N3O5S/c1-13-3-2-12-21(17(13)18(22)20-23)27(24,25)16-6-4-14(5-7-16)26-15-8-10-19-11-9-15/h4-11,13,17,23H,2-3,12H2,1H3,(H,20,22)/t13?,17-/m0/s1. The highest BCUT2D eigenvalue weighted by Gasteiger charge is 2.41. The molecule has 1 amide bonds. The Balaban J connectivity index is 1.84. The van der Waals surface area contributed by atoms with Crippen molar-refractivity contribution >= 4 is 15.9 Å². The van der Waals surface area contributed by atoms with E-state index < -0.39 is 22.0 Å². The van der Waals surface area contributed by atoms with Crippen molar-refractivity contribution < 1.29 is 23.2 Å². The van der Waals surface area contributed by atoms with Crippen LogP contribution >= 0.6 is 0 Å². The molecule has 1 saturated heterocycles. The van der Waals surface area contributed by atoms with Gasteiger partial charge in [-0.25, -0.2) is 13.9 Å². The first-order valence-corrected chi connectivity index (χ1v) is 10.0. The molecule has 0 spiro atoms. The summed E-state index contributed by atoms with van der Waals surface area (Å²) >= 11 is 0. The Kier molecular flexibility index (Phi) is 5.73. The predicted molar refractivity (Wildman–Crippen MR) is 96.8 cm³/mol. The molecule has 2 N–H and O–H groups in total. The van der Waals surface area contributed by atoms with Crippen LogP contribution in [-0.4, -0.2) is 41.4 Å². The zero-order valence-electron chi connectivity index (χ0n) is 14.8. The maximum absolute atomic E-state index is 13.0. The number of nitrogens with one attached hydrogen (secondary N) is 1. The molecule has 0 bridgehead atoms. The van der Waals surface area contributed by atoms with Crippen molar-refractivity contribution in [2.45, 2.75) is 30.7 Å². The van der Waals surface area contributed by atoms with E-state index in [0.29, 0.717) is 24.3 Å². The second kappa shape index (κ2) is 8.03. The predicted octanol–water partition coefficient (Wildman–Crippen LogP) is 2.17. The van der Waals surface area contributed by atoms with Gasteiger partial charge in [0.05, 0.1) is 4.90 Å². The number of rotatable bonds is 5. The van der Waals surface area contributed by atoms with Crippen molar-refractivity contribution in [1.82, 2.24) is 14.8 Å². The third-order valence-corrected chi connectivity index (χ3v) is 6.48. The number of benzene rings is 1. The fourth-order valence-corrected chi connectivity index (χ4v) is 4.96. The van der Waals surface area contributed by atoms with Crippen LogP contribution in [-0.2, 0) is 14.8 Å². The molecule has 2 atom stereocenters. The lowest BCUT2D eigenvalue weighted by atomic mass is 9.92. The summed E-state index contributed by atoms with van der Waals surface area (Å²) in [4.78, 5) is 16.0. The van der Waals surface area contributed by atoms with E-state index in [1.165, 1.54) is 12.1 Å². The van der Waals surface area contributed by atoms with Gasteiger partial charge in [-0.3, -0.25) is 15.0 Å². The first-order chi connectivity index (χ1) is 12.9. The number of hydroxylamine groups is 1. The number of carbonyl (C=O) groups excluding carboxylic acids is 1. The molecule has 2 aromatic rings. The largest absolute Gasteiger partial charge is 0.457 e. The molecule has 8 nitrogen and oxygen atoms in total. The quantitative estimate of drug-likeness (QED) is 0.597. The molecule has 0 aliphatic carbocycles. The van der Waals surface area contributed by atoms with Crippen LogP contribution in [0.5, 0.6) is 11.5 Å². The summed E-state index contributed by atoms with van der Waals surface area (Å²) in [6, 6.07) is 8.44. The van der Waals surface area contributed by atoms with Gasteiger partial charge in [0, 0.05) is 18.9 Å². The summed E-state index contributed by atoms with van der Waals surface area (Å²) in [5, 5.41) is 8.99. The molecule has 1 fully saturated rings. The molecular formula is C18H21N3O5S. The number of pyridine rings is 1. The Morgan fingerprint density at radius 2 is 1.81 bits per heavy atom. The number of sulfonamides is 1. The Morgan fingerprint density at radius 1 is 1.19 bits per heavy atom. The minimum Gasteiger partial charge on any atom is -0.457 e. The van der Waals surface area contributed by atoms with Crippen molar-refractivity contribution in [1.29, 1.82) is 0 Å². The average molecular weight is 391 g/mol. The van der Waals surface area contributed by atoms with Gasteiger partial charge in [0.1, 0.15) is 17.5 Å². The van der Waals surface area contributed by atoms with Crippen molar-refractivity contribution in [2.24, 2.45) is 5.92 Å². The van der Waals surface area contributed by atoms with Gasteiger partial charge >= 0.3 is 0 Å². The monoisotopic (exact) mass is 391 g/mol. The first-order valence-electron chi connectivity index (χ1n) is 8.57. The van der Waals surface area contributed by atoms with Crippen LogP contribution in [0.2, 0.25) is 0 Å². The molecule has 27 heavy (non-hydrogen) atoms. The van der Waals surface area contributed by atoms with Crippen molar-refractivity contribution in [3.05, 3.63) is 48.8 Å². The number of hydrogen-bond donors (Lipinski definition) is 2. The third-order valence-electron chi connectivity index (χ3n) is 4.58. The maximum atomic E-state index is 13.0. The van der Waals surface area contributed by atoms with Gasteiger partial charge in [-0.1, -0.05) is 6.92 Å². The van der Waals surface area contributed by atoms with Crippen LogP contribution in [0.1, 0.15) is 19.8 Å². The van der Waals surface area contributed by atoms with Crippen LogP contribution in [0, 0.1) is 5.92 Å². The van der Waals surface area contributed by atoms with Gasteiger partial charge in [0.15, 0.2) is 0 Å². The lowest BCUT2D eigenvalue weighted by molar-refractivity contribution is -0.135. The molecule has 1 aromatic heterocycles. The number of nitrogens with zero attached hydrogens (tertiary/aromatic N) is 2. The first kappa shape index (κ1) is 19.3. The Morgan fingerprint density at radius 3 is 2.44 bits per heavy atom. The number of carbonyl (C=O) groups is 1. The number of amides is 1. The fourth-order valence-electron chi connectivity index (χ4n) is 3.23. The van der Waals surface area contributed by atoms with Crippen LogP contribution in [0.25, 0.3) is 0 Å². The molecular weight excluding hydrogens is 370 g/mol. The van der Waals surface area contributed by atoms with E-state index in [9.17, 15) is 13.2 Å². The van der Waals surface area contributed by atoms with Crippen molar-refractivity contribution in [3.8, 4) is 11.5 Å². The van der Waals surface area contributed by atoms with E-state index in [0.717, 1.165) is 4.31 Å². The summed E-state index contributed by atoms with van der Waals surface area (Å²) in [7, 11) is -3.89. The van der Waals surface area contributed by atoms with E-state index in [-0.39, 0.29) is 17.4 Å². The Labute approximate surface area is 157 Å². The molecule has 1 aliphatic rings. The number of aromatic nitrogens is 1. The fraction of sp³-hybridized carbons (Fsp3) is 0.333. The van der Waals surface area contributed by atoms with Crippen LogP contribution < -0.4 is 10.2 Å². The number of ether oxygens (including phenoxy) is 1. The number of piperidine rings is 1. The lowest BCUT2D eigenvalue weighted by Crippen LogP contribution is -2.54. The van der Waals surface area contributed by atoms with Crippen LogP contribution in [0.4, 0.5) is 0 Å². The minimum absolute atomic E-state index is 0.0643.